The summed E-state index contributed by atoms with van der Waals surface area (Å²) in [4.78, 5) is 23.6. The fourth-order valence-electron chi connectivity index (χ4n) is 2.71. The summed E-state index contributed by atoms with van der Waals surface area (Å²) in [5.41, 5.74) is 0.623. The lowest BCUT2D eigenvalue weighted by molar-refractivity contribution is -0.112. The summed E-state index contributed by atoms with van der Waals surface area (Å²) in [6, 6.07) is 14.3. The number of carboxylic acids is 1. The second kappa shape index (κ2) is 7.60. The second-order valence-corrected chi connectivity index (χ2v) is 6.34. The number of rotatable bonds is 4. The zero-order valence-corrected chi connectivity index (χ0v) is 15.0. The Kier molecular flexibility index (Phi) is 5.23. The van der Waals surface area contributed by atoms with Crippen molar-refractivity contribution in [3.8, 4) is 0 Å². The van der Waals surface area contributed by atoms with Crippen molar-refractivity contribution in [1.82, 2.24) is 0 Å². The summed E-state index contributed by atoms with van der Waals surface area (Å²) in [6.07, 6.45) is 1.41. The van der Waals surface area contributed by atoms with Crippen molar-refractivity contribution in [2.45, 2.75) is 6.92 Å². The van der Waals surface area contributed by atoms with Crippen LogP contribution < -0.4 is 5.32 Å². The lowest BCUT2D eigenvalue weighted by Gasteiger charge is -2.09. The van der Waals surface area contributed by atoms with Crippen LogP contribution in [-0.2, 0) is 4.79 Å². The van der Waals surface area contributed by atoms with E-state index in [1.807, 2.05) is 0 Å². The van der Waals surface area contributed by atoms with Gasteiger partial charge in [-0.25, -0.2) is 9.18 Å². The normalized spacial score (nSPS) is 11.4. The van der Waals surface area contributed by atoms with Gasteiger partial charge >= 0.3 is 5.97 Å². The van der Waals surface area contributed by atoms with Gasteiger partial charge in [0, 0.05) is 26.9 Å². The average Bonchev–Trinajstić information content (AvgIpc) is 2.64. The van der Waals surface area contributed by atoms with Gasteiger partial charge in [0.2, 0.25) is 0 Å². The number of aromatic carboxylic acids is 1. The van der Waals surface area contributed by atoms with Crippen molar-refractivity contribution in [1.29, 1.82) is 0 Å². The van der Waals surface area contributed by atoms with E-state index in [1.54, 1.807) is 42.5 Å². The minimum absolute atomic E-state index is 0.0230. The highest BCUT2D eigenvalue weighted by molar-refractivity contribution is 6.35. The summed E-state index contributed by atoms with van der Waals surface area (Å²) >= 11 is 6.07. The van der Waals surface area contributed by atoms with Gasteiger partial charge in [-0.3, -0.25) is 4.79 Å². The molecule has 0 heterocycles. The van der Waals surface area contributed by atoms with Crippen LogP contribution in [0.15, 0.2) is 60.2 Å². The molecule has 1 amide bonds. The van der Waals surface area contributed by atoms with Crippen LogP contribution in [0.3, 0.4) is 0 Å². The molecule has 0 saturated carbocycles. The Morgan fingerprint density at radius 2 is 1.78 bits per heavy atom. The number of carbonyl (C=O) groups is 2. The molecule has 0 bridgehead atoms. The van der Waals surface area contributed by atoms with Crippen molar-refractivity contribution in [3.63, 3.8) is 0 Å². The quantitative estimate of drug-likeness (QED) is 0.595. The first kappa shape index (κ1) is 18.6. The van der Waals surface area contributed by atoms with E-state index in [2.05, 4.69) is 5.32 Å². The topological polar surface area (TPSA) is 66.4 Å². The molecule has 0 fully saturated rings. The molecule has 0 aliphatic rings. The predicted octanol–water partition coefficient (Wildman–Crippen LogP) is 5.37. The van der Waals surface area contributed by atoms with Crippen LogP contribution in [0.4, 0.5) is 10.1 Å². The Labute approximate surface area is 159 Å². The Hall–Kier alpha value is -3.18. The first-order chi connectivity index (χ1) is 12.9. The monoisotopic (exact) mass is 383 g/mol. The highest BCUT2D eigenvalue weighted by atomic mass is 35.5. The Balaban J connectivity index is 1.92. The minimum Gasteiger partial charge on any atom is -0.478 e. The fraction of sp³-hybridized carbons (Fsp3) is 0.0476. The van der Waals surface area contributed by atoms with E-state index < -0.39 is 17.7 Å². The molecule has 0 aromatic heterocycles. The summed E-state index contributed by atoms with van der Waals surface area (Å²) in [5, 5.41) is 13.1. The highest BCUT2D eigenvalue weighted by Gasteiger charge is 2.14. The molecule has 0 aliphatic heterocycles. The van der Waals surface area contributed by atoms with E-state index in [4.69, 9.17) is 11.6 Å². The molecule has 27 heavy (non-hydrogen) atoms. The number of para-hydroxylation sites is 1. The molecule has 3 aromatic carbocycles. The standard InChI is InChI=1S/C21H15ClFNO3/c1-12(20(25)24-18-8-3-2-5-16(18)21(26)27)11-13-9-10-14-15(19(13)23)6-4-7-17(14)22/h2-11H,1H3,(H,24,25)(H,26,27). The molecule has 0 atom stereocenters. The Morgan fingerprint density at radius 1 is 1.04 bits per heavy atom. The third-order valence-corrected chi connectivity index (χ3v) is 4.44. The molecule has 3 rings (SSSR count). The Morgan fingerprint density at radius 3 is 2.52 bits per heavy atom. The van der Waals surface area contributed by atoms with Crippen molar-refractivity contribution < 1.29 is 19.1 Å². The molecule has 0 saturated heterocycles. The number of hydrogen-bond acceptors (Lipinski definition) is 2. The predicted molar refractivity (Wildman–Crippen MR) is 105 cm³/mol. The molecular formula is C21H15ClFNO3. The fourth-order valence-corrected chi connectivity index (χ4v) is 2.95. The number of carbonyl (C=O) groups excluding carboxylic acids is 1. The van der Waals surface area contributed by atoms with Crippen LogP contribution >= 0.6 is 11.6 Å². The number of hydrogen-bond donors (Lipinski definition) is 2. The van der Waals surface area contributed by atoms with Crippen LogP contribution in [0.1, 0.15) is 22.8 Å². The molecule has 0 spiro atoms. The first-order valence-corrected chi connectivity index (χ1v) is 8.45. The number of benzene rings is 3. The third-order valence-electron chi connectivity index (χ3n) is 4.11. The van der Waals surface area contributed by atoms with E-state index in [0.29, 0.717) is 15.8 Å². The number of halogens is 2. The molecule has 0 unspecified atom stereocenters. The van der Waals surface area contributed by atoms with Crippen LogP contribution in [0.25, 0.3) is 16.8 Å². The molecular weight excluding hydrogens is 369 g/mol. The van der Waals surface area contributed by atoms with Gasteiger partial charge in [-0.05, 0) is 31.2 Å². The van der Waals surface area contributed by atoms with Crippen LogP contribution in [0.2, 0.25) is 5.02 Å². The van der Waals surface area contributed by atoms with Crippen molar-refractivity contribution >= 4 is 46.0 Å². The van der Waals surface area contributed by atoms with Crippen molar-refractivity contribution in [2.24, 2.45) is 0 Å². The molecule has 6 heteroatoms. The number of anilines is 1. The van der Waals surface area contributed by atoms with Crippen molar-refractivity contribution in [3.05, 3.63) is 82.1 Å². The molecule has 0 radical (unpaired) electrons. The lowest BCUT2D eigenvalue weighted by Crippen LogP contribution is -2.15. The largest absolute Gasteiger partial charge is 0.478 e. The van der Waals surface area contributed by atoms with Gasteiger partial charge in [0.15, 0.2) is 0 Å². The molecule has 0 aliphatic carbocycles. The van der Waals surface area contributed by atoms with E-state index in [9.17, 15) is 19.1 Å². The van der Waals surface area contributed by atoms with Gasteiger partial charge in [-0.1, -0.05) is 48.0 Å². The second-order valence-electron chi connectivity index (χ2n) is 5.94. The minimum atomic E-state index is -1.15. The third kappa shape index (κ3) is 3.83. The van der Waals surface area contributed by atoms with E-state index in [-0.39, 0.29) is 22.4 Å². The van der Waals surface area contributed by atoms with E-state index >= 15 is 0 Å². The van der Waals surface area contributed by atoms with E-state index in [0.717, 1.165) is 0 Å². The SMILES string of the molecule is CC(=Cc1ccc2c(Cl)cccc2c1F)C(=O)Nc1ccccc1C(=O)O. The van der Waals surface area contributed by atoms with Crippen LogP contribution in [-0.4, -0.2) is 17.0 Å². The number of fused-ring (bicyclic) bond motifs is 1. The summed E-state index contributed by atoms with van der Waals surface area (Å²) in [7, 11) is 0. The maximum Gasteiger partial charge on any atom is 0.337 e. The van der Waals surface area contributed by atoms with Crippen LogP contribution in [0, 0.1) is 5.82 Å². The molecule has 136 valence electrons. The maximum absolute atomic E-state index is 14.8. The number of amides is 1. The van der Waals surface area contributed by atoms with Gasteiger partial charge in [-0.15, -0.1) is 0 Å². The van der Waals surface area contributed by atoms with E-state index in [1.165, 1.54) is 25.1 Å². The maximum atomic E-state index is 14.8. The van der Waals surface area contributed by atoms with Gasteiger partial charge in [0.25, 0.3) is 5.91 Å². The van der Waals surface area contributed by atoms with Crippen LogP contribution in [0.5, 0.6) is 0 Å². The van der Waals surface area contributed by atoms with Gasteiger partial charge in [0.1, 0.15) is 5.82 Å². The van der Waals surface area contributed by atoms with Gasteiger partial charge in [-0.2, -0.15) is 0 Å². The zero-order chi connectivity index (χ0) is 19.6. The summed E-state index contributed by atoms with van der Waals surface area (Å²) < 4.78 is 14.8. The van der Waals surface area contributed by atoms with Gasteiger partial charge in [0.05, 0.1) is 11.3 Å². The van der Waals surface area contributed by atoms with Crippen molar-refractivity contribution in [2.75, 3.05) is 5.32 Å². The average molecular weight is 384 g/mol. The van der Waals surface area contributed by atoms with Gasteiger partial charge < -0.3 is 10.4 Å². The summed E-state index contributed by atoms with van der Waals surface area (Å²) in [6.45, 7) is 1.53. The smallest absolute Gasteiger partial charge is 0.337 e. The highest BCUT2D eigenvalue weighted by Crippen LogP contribution is 2.28. The number of carboxylic acid groups (broad SMARTS) is 1. The molecule has 3 aromatic rings. The summed E-state index contributed by atoms with van der Waals surface area (Å²) in [5.74, 6) is -2.15. The first-order valence-electron chi connectivity index (χ1n) is 8.07. The zero-order valence-electron chi connectivity index (χ0n) is 14.3. The molecule has 2 N–H and O–H groups in total. The number of nitrogens with one attached hydrogen (secondary N) is 1. The Bertz CT molecular complexity index is 1090. The lowest BCUT2D eigenvalue weighted by atomic mass is 10.0. The molecule has 4 nitrogen and oxygen atoms in total.